The summed E-state index contributed by atoms with van der Waals surface area (Å²) in [6, 6.07) is 17.2. The number of fused-ring (bicyclic) bond motifs is 3. The molecule has 2 heteroatoms. The summed E-state index contributed by atoms with van der Waals surface area (Å²) in [7, 11) is 0. The molecule has 28 heavy (non-hydrogen) atoms. The molecule has 0 aliphatic heterocycles. The van der Waals surface area contributed by atoms with Crippen molar-refractivity contribution in [3.63, 3.8) is 0 Å². The Morgan fingerprint density at radius 3 is 2.61 bits per heavy atom. The zero-order valence-electron chi connectivity index (χ0n) is 17.1. The SMILES string of the molecule is C=C(CCC)[n+]1ccc(C)cc1-c1c(CCC)ccc2c1oc1ccccc12. The van der Waals surface area contributed by atoms with Crippen LogP contribution >= 0.6 is 0 Å². The molecular formula is C26H28NO+. The second-order valence-corrected chi connectivity index (χ2v) is 7.60. The Labute approximate surface area is 167 Å². The quantitative estimate of drug-likeness (QED) is 0.332. The van der Waals surface area contributed by atoms with E-state index >= 15 is 0 Å². The summed E-state index contributed by atoms with van der Waals surface area (Å²) in [5, 5.41) is 2.35. The maximum Gasteiger partial charge on any atom is 0.222 e. The van der Waals surface area contributed by atoms with E-state index in [9.17, 15) is 0 Å². The molecule has 0 N–H and O–H groups in total. The summed E-state index contributed by atoms with van der Waals surface area (Å²) in [6.07, 6.45) is 6.33. The van der Waals surface area contributed by atoms with E-state index in [4.69, 9.17) is 4.42 Å². The first-order valence-electron chi connectivity index (χ1n) is 10.3. The van der Waals surface area contributed by atoms with Crippen LogP contribution in [-0.2, 0) is 6.42 Å². The predicted molar refractivity (Wildman–Crippen MR) is 118 cm³/mol. The monoisotopic (exact) mass is 370 g/mol. The molecule has 4 rings (SSSR count). The van der Waals surface area contributed by atoms with Crippen molar-refractivity contribution in [3.05, 3.63) is 72.4 Å². The number of aromatic nitrogens is 1. The van der Waals surface area contributed by atoms with Gasteiger partial charge in [-0.25, -0.2) is 0 Å². The number of furan rings is 1. The molecule has 0 saturated heterocycles. The second kappa shape index (κ2) is 7.63. The third kappa shape index (κ3) is 3.13. The van der Waals surface area contributed by atoms with Gasteiger partial charge in [0.25, 0.3) is 0 Å². The maximum atomic E-state index is 6.42. The molecule has 2 heterocycles. The predicted octanol–water partition coefficient (Wildman–Crippen LogP) is 7.07. The molecule has 0 amide bonds. The molecule has 2 nitrogen and oxygen atoms in total. The molecule has 0 fully saturated rings. The van der Waals surface area contributed by atoms with Gasteiger partial charge in [0.15, 0.2) is 11.9 Å². The van der Waals surface area contributed by atoms with Gasteiger partial charge >= 0.3 is 0 Å². The van der Waals surface area contributed by atoms with Gasteiger partial charge in [0.1, 0.15) is 11.2 Å². The number of aryl methyl sites for hydroxylation is 2. The highest BCUT2D eigenvalue weighted by Gasteiger charge is 2.24. The van der Waals surface area contributed by atoms with E-state index in [-0.39, 0.29) is 0 Å². The highest BCUT2D eigenvalue weighted by Crippen LogP contribution is 2.38. The van der Waals surface area contributed by atoms with Gasteiger partial charge in [-0.15, -0.1) is 0 Å². The third-order valence-corrected chi connectivity index (χ3v) is 5.40. The van der Waals surface area contributed by atoms with Crippen molar-refractivity contribution in [2.75, 3.05) is 0 Å². The topological polar surface area (TPSA) is 17.0 Å². The first-order valence-corrected chi connectivity index (χ1v) is 10.3. The number of hydrogen-bond donors (Lipinski definition) is 0. The smallest absolute Gasteiger partial charge is 0.222 e. The van der Waals surface area contributed by atoms with Gasteiger partial charge in [-0.2, -0.15) is 4.57 Å². The molecule has 0 spiro atoms. The van der Waals surface area contributed by atoms with Crippen LogP contribution < -0.4 is 4.57 Å². The van der Waals surface area contributed by atoms with E-state index in [2.05, 4.69) is 80.6 Å². The molecule has 0 radical (unpaired) electrons. The van der Waals surface area contributed by atoms with Crippen LogP contribution in [0.5, 0.6) is 0 Å². The number of nitrogens with zero attached hydrogens (tertiary/aromatic N) is 1. The molecular weight excluding hydrogens is 342 g/mol. The van der Waals surface area contributed by atoms with Crippen molar-refractivity contribution in [1.82, 2.24) is 0 Å². The Morgan fingerprint density at radius 1 is 1.00 bits per heavy atom. The zero-order chi connectivity index (χ0) is 19.7. The number of allylic oxidation sites excluding steroid dienone is 1. The van der Waals surface area contributed by atoms with E-state index in [0.29, 0.717) is 0 Å². The normalized spacial score (nSPS) is 11.4. The molecule has 0 unspecified atom stereocenters. The zero-order valence-corrected chi connectivity index (χ0v) is 17.1. The third-order valence-electron chi connectivity index (χ3n) is 5.40. The second-order valence-electron chi connectivity index (χ2n) is 7.60. The van der Waals surface area contributed by atoms with Crippen molar-refractivity contribution in [3.8, 4) is 11.3 Å². The standard InChI is InChI=1S/C26H28NO/c1-5-9-19(4)27-16-15-18(3)17-23(27)25-20(10-6-2)13-14-22-21-11-7-8-12-24(21)28-26(22)25/h7-8,11-17H,4-6,9-10H2,1-3H3/q+1. The lowest BCUT2D eigenvalue weighted by molar-refractivity contribution is -0.571. The fourth-order valence-electron chi connectivity index (χ4n) is 4.07. The van der Waals surface area contributed by atoms with Crippen LogP contribution in [0, 0.1) is 6.92 Å². The average molecular weight is 371 g/mol. The van der Waals surface area contributed by atoms with Gasteiger partial charge < -0.3 is 4.42 Å². The molecule has 0 saturated carbocycles. The Morgan fingerprint density at radius 2 is 1.82 bits per heavy atom. The number of hydrogen-bond acceptors (Lipinski definition) is 1. The molecule has 0 aliphatic rings. The first kappa shape index (κ1) is 18.5. The average Bonchev–Trinajstić information content (AvgIpc) is 3.06. The van der Waals surface area contributed by atoms with Crippen molar-refractivity contribution >= 4 is 27.6 Å². The van der Waals surface area contributed by atoms with Crippen molar-refractivity contribution in [1.29, 1.82) is 0 Å². The van der Waals surface area contributed by atoms with Gasteiger partial charge in [-0.05, 0) is 43.5 Å². The minimum atomic E-state index is 0.944. The van der Waals surface area contributed by atoms with E-state index < -0.39 is 0 Å². The maximum absolute atomic E-state index is 6.42. The summed E-state index contributed by atoms with van der Waals surface area (Å²) in [5.74, 6) is 0. The van der Waals surface area contributed by atoms with Crippen LogP contribution in [0.3, 0.4) is 0 Å². The fraction of sp³-hybridized carbons (Fsp3) is 0.269. The lowest BCUT2D eigenvalue weighted by atomic mass is 9.96. The number of pyridine rings is 1. The molecule has 0 bridgehead atoms. The van der Waals surface area contributed by atoms with Crippen LogP contribution in [0.2, 0.25) is 0 Å². The van der Waals surface area contributed by atoms with E-state index in [1.54, 1.807) is 0 Å². The summed E-state index contributed by atoms with van der Waals surface area (Å²) in [6.45, 7) is 10.9. The van der Waals surface area contributed by atoms with Crippen molar-refractivity contribution in [2.45, 2.75) is 46.5 Å². The summed E-state index contributed by atoms with van der Waals surface area (Å²) in [5.41, 5.74) is 8.00. The molecule has 2 aromatic heterocycles. The highest BCUT2D eigenvalue weighted by atomic mass is 16.3. The first-order chi connectivity index (χ1) is 13.6. The van der Waals surface area contributed by atoms with Crippen molar-refractivity contribution < 1.29 is 8.98 Å². The van der Waals surface area contributed by atoms with Crippen LogP contribution in [0.4, 0.5) is 0 Å². The molecule has 4 aromatic rings. The fourth-order valence-corrected chi connectivity index (χ4v) is 4.07. The summed E-state index contributed by atoms with van der Waals surface area (Å²) >= 11 is 0. The minimum Gasteiger partial charge on any atom is -0.455 e. The lowest BCUT2D eigenvalue weighted by Gasteiger charge is -2.11. The van der Waals surface area contributed by atoms with Crippen molar-refractivity contribution in [2.24, 2.45) is 0 Å². The number of para-hydroxylation sites is 1. The van der Waals surface area contributed by atoms with Crippen LogP contribution in [0.1, 0.15) is 44.2 Å². The van der Waals surface area contributed by atoms with Gasteiger partial charge in [0.05, 0.1) is 5.56 Å². The van der Waals surface area contributed by atoms with Crippen LogP contribution in [-0.4, -0.2) is 0 Å². The Bertz CT molecular complexity index is 1170. The largest absolute Gasteiger partial charge is 0.455 e. The van der Waals surface area contributed by atoms with Crippen LogP contribution in [0.15, 0.2) is 65.7 Å². The molecule has 0 aliphatic carbocycles. The Kier molecular flexibility index (Phi) is 5.04. The molecule has 0 atom stereocenters. The highest BCUT2D eigenvalue weighted by molar-refractivity contribution is 6.09. The van der Waals surface area contributed by atoms with E-state index in [1.165, 1.54) is 33.2 Å². The minimum absolute atomic E-state index is 0.944. The van der Waals surface area contributed by atoms with Crippen LogP contribution in [0.25, 0.3) is 38.9 Å². The Balaban J connectivity index is 2.08. The van der Waals surface area contributed by atoms with Gasteiger partial charge in [0.2, 0.25) is 5.69 Å². The summed E-state index contributed by atoms with van der Waals surface area (Å²) < 4.78 is 8.66. The number of rotatable bonds is 6. The van der Waals surface area contributed by atoms with E-state index in [0.717, 1.165) is 42.5 Å². The molecule has 2 aromatic carbocycles. The summed E-state index contributed by atoms with van der Waals surface area (Å²) in [4.78, 5) is 0. The van der Waals surface area contributed by atoms with Gasteiger partial charge in [0, 0.05) is 29.3 Å². The number of benzene rings is 2. The van der Waals surface area contributed by atoms with E-state index in [1.807, 2.05) is 6.07 Å². The molecule has 142 valence electrons. The van der Waals surface area contributed by atoms with Gasteiger partial charge in [-0.1, -0.05) is 50.6 Å². The Hall–Kier alpha value is -2.87. The lowest BCUT2D eigenvalue weighted by Crippen LogP contribution is -2.34. The van der Waals surface area contributed by atoms with Gasteiger partial charge in [-0.3, -0.25) is 0 Å².